The van der Waals surface area contributed by atoms with Gasteiger partial charge in [-0.15, -0.1) is 0 Å². The largest absolute Gasteiger partial charge is 0.496 e. The van der Waals surface area contributed by atoms with Crippen molar-refractivity contribution in [3.8, 4) is 5.75 Å². The van der Waals surface area contributed by atoms with Crippen molar-refractivity contribution < 1.29 is 23.8 Å². The molecule has 0 aliphatic carbocycles. The second kappa shape index (κ2) is 9.69. The van der Waals surface area contributed by atoms with Crippen molar-refractivity contribution in [2.75, 3.05) is 27.4 Å². The molecule has 2 amide bonds. The number of alkyl carbamates (subject to hydrolysis) is 1. The average Bonchev–Trinajstić information content (AvgIpc) is 3.18. The summed E-state index contributed by atoms with van der Waals surface area (Å²) >= 11 is 0. The van der Waals surface area contributed by atoms with Crippen LogP contribution in [-0.4, -0.2) is 56.4 Å². The molecule has 190 valence electrons. The van der Waals surface area contributed by atoms with Gasteiger partial charge in [0.2, 0.25) is 5.91 Å². The van der Waals surface area contributed by atoms with Gasteiger partial charge in [0.25, 0.3) is 0 Å². The maximum absolute atomic E-state index is 13.8. The summed E-state index contributed by atoms with van der Waals surface area (Å²) in [6.07, 6.45) is 2.48. The van der Waals surface area contributed by atoms with Crippen LogP contribution in [0.1, 0.15) is 58.1 Å². The Kier molecular flexibility index (Phi) is 7.00. The molecular weight excluding hydrogens is 444 g/mol. The van der Waals surface area contributed by atoms with Crippen LogP contribution in [-0.2, 0) is 26.3 Å². The molecule has 0 saturated carbocycles. The molecule has 1 saturated heterocycles. The van der Waals surface area contributed by atoms with Gasteiger partial charge in [-0.3, -0.25) is 4.79 Å². The normalized spacial score (nSPS) is 26.1. The third-order valence-electron chi connectivity index (χ3n) is 7.52. The van der Waals surface area contributed by atoms with Gasteiger partial charge in [-0.05, 0) is 60.1 Å². The number of rotatable bonds is 2. The molecule has 1 N–H and O–H groups in total. The second-order valence-corrected chi connectivity index (χ2v) is 10.9. The molecule has 1 fully saturated rings. The first kappa shape index (κ1) is 25.3. The Labute approximate surface area is 208 Å². The first-order valence-corrected chi connectivity index (χ1v) is 12.5. The van der Waals surface area contributed by atoms with Crippen molar-refractivity contribution in [2.45, 2.75) is 71.1 Å². The third-order valence-corrected chi connectivity index (χ3v) is 7.52. The average molecular weight is 483 g/mol. The Morgan fingerprint density at radius 1 is 1.11 bits per heavy atom. The minimum Gasteiger partial charge on any atom is -0.496 e. The molecule has 0 unspecified atom stereocenters. The van der Waals surface area contributed by atoms with Crippen LogP contribution in [0, 0.1) is 5.41 Å². The topological polar surface area (TPSA) is 77.1 Å². The summed E-state index contributed by atoms with van der Waals surface area (Å²) in [7, 11) is 3.41. The number of methoxy groups -OCH3 is 2. The van der Waals surface area contributed by atoms with Crippen molar-refractivity contribution >= 4 is 22.8 Å². The fraction of sp³-hybridized carbons (Fsp3) is 0.571. The van der Waals surface area contributed by atoms with E-state index in [1.54, 1.807) is 14.2 Å². The molecule has 0 spiro atoms. The van der Waals surface area contributed by atoms with E-state index in [0.29, 0.717) is 26.0 Å². The number of benzene rings is 2. The van der Waals surface area contributed by atoms with Crippen LogP contribution in [0.5, 0.6) is 5.75 Å². The summed E-state index contributed by atoms with van der Waals surface area (Å²) in [4.78, 5) is 28.3. The van der Waals surface area contributed by atoms with Crippen LogP contribution >= 0.6 is 0 Å². The summed E-state index contributed by atoms with van der Waals surface area (Å²) in [5.41, 5.74) is 1.08. The van der Waals surface area contributed by atoms with Gasteiger partial charge in [-0.2, -0.15) is 0 Å². The highest BCUT2D eigenvalue weighted by Crippen LogP contribution is 2.42. The van der Waals surface area contributed by atoms with Gasteiger partial charge >= 0.3 is 6.09 Å². The van der Waals surface area contributed by atoms with Gasteiger partial charge in [-0.1, -0.05) is 39.0 Å². The van der Waals surface area contributed by atoms with E-state index in [9.17, 15) is 9.59 Å². The lowest BCUT2D eigenvalue weighted by Gasteiger charge is -2.35. The Morgan fingerprint density at radius 2 is 1.86 bits per heavy atom. The number of hydrogen-bond acceptors (Lipinski definition) is 5. The summed E-state index contributed by atoms with van der Waals surface area (Å²) in [5.74, 6) is 0.738. The van der Waals surface area contributed by atoms with E-state index in [0.717, 1.165) is 40.5 Å². The zero-order valence-electron chi connectivity index (χ0n) is 21.8. The predicted octanol–water partition coefficient (Wildman–Crippen LogP) is 4.79. The van der Waals surface area contributed by atoms with E-state index in [1.807, 2.05) is 38.7 Å². The molecule has 0 aromatic heterocycles. The van der Waals surface area contributed by atoms with Crippen LogP contribution in [0.15, 0.2) is 30.3 Å². The molecule has 4 bridgehead atoms. The summed E-state index contributed by atoms with van der Waals surface area (Å²) in [6, 6.07) is 9.79. The Hall–Kier alpha value is -2.80. The lowest BCUT2D eigenvalue weighted by atomic mass is 9.85. The Balaban J connectivity index is 1.83. The number of carbonyl (C=O) groups excluding carboxylic acids is 2. The van der Waals surface area contributed by atoms with Crippen molar-refractivity contribution in [1.82, 2.24) is 10.2 Å². The number of ether oxygens (including phenoxy) is 3. The lowest BCUT2D eigenvalue weighted by molar-refractivity contribution is -0.137. The summed E-state index contributed by atoms with van der Waals surface area (Å²) in [5, 5.41) is 5.12. The quantitative estimate of drug-likeness (QED) is 0.666. The zero-order chi connectivity index (χ0) is 25.4. The van der Waals surface area contributed by atoms with Crippen molar-refractivity contribution in [1.29, 1.82) is 0 Å². The highest BCUT2D eigenvalue weighted by molar-refractivity contribution is 5.89. The molecule has 2 aromatic rings. The van der Waals surface area contributed by atoms with Gasteiger partial charge in [-0.25, -0.2) is 4.79 Å². The number of cyclic esters (lactones) is 1. The third kappa shape index (κ3) is 4.83. The van der Waals surface area contributed by atoms with E-state index in [1.165, 1.54) is 0 Å². The van der Waals surface area contributed by atoms with Gasteiger partial charge < -0.3 is 24.4 Å². The van der Waals surface area contributed by atoms with Crippen molar-refractivity contribution in [3.63, 3.8) is 0 Å². The number of fused-ring (bicyclic) bond motifs is 4. The molecule has 7 nitrogen and oxygen atoms in total. The first-order chi connectivity index (χ1) is 16.6. The molecule has 2 heterocycles. The molecule has 2 aromatic carbocycles. The molecule has 35 heavy (non-hydrogen) atoms. The smallest absolute Gasteiger partial charge is 0.407 e. The van der Waals surface area contributed by atoms with E-state index in [4.69, 9.17) is 14.2 Å². The maximum atomic E-state index is 13.8. The standard InChI is InChI=1S/C28H38N2O5/c1-18-16-28(34-6)17-30(18)25(31)24(27(2,3)4)29-26(32)35-14-8-7-9-21-22-15-20(28)12-10-19(22)11-13-23(21)33-5/h10-13,15,18,24H,7-9,14,16-17H2,1-6H3,(H,29,32)/t18-,24-,28+/m1/s1. The fourth-order valence-electron chi connectivity index (χ4n) is 5.49. The number of nitrogens with zero attached hydrogens (tertiary/aromatic N) is 1. The van der Waals surface area contributed by atoms with Gasteiger partial charge in [0, 0.05) is 25.1 Å². The highest BCUT2D eigenvalue weighted by Gasteiger charge is 2.48. The van der Waals surface area contributed by atoms with Crippen molar-refractivity contribution in [2.24, 2.45) is 5.41 Å². The number of amides is 2. The number of carbonyl (C=O) groups is 2. The minimum atomic E-state index is -0.703. The van der Waals surface area contributed by atoms with Crippen LogP contribution < -0.4 is 10.1 Å². The molecule has 2 aliphatic heterocycles. The van der Waals surface area contributed by atoms with E-state index < -0.39 is 23.2 Å². The molecular formula is C28H38N2O5. The lowest BCUT2D eigenvalue weighted by Crippen LogP contribution is -2.56. The monoisotopic (exact) mass is 482 g/mol. The SMILES string of the molecule is COc1ccc2ccc3cc2c1CCCCOC(=O)N[C@@H](C(C)(C)C)C(=O)N1C[C@@]3(OC)C[C@H]1C. The van der Waals surface area contributed by atoms with Gasteiger partial charge in [0.15, 0.2) is 0 Å². The van der Waals surface area contributed by atoms with Crippen LogP contribution in [0.4, 0.5) is 4.79 Å². The summed E-state index contributed by atoms with van der Waals surface area (Å²) < 4.78 is 17.3. The number of nitrogens with one attached hydrogen (secondary N) is 1. The zero-order valence-corrected chi connectivity index (χ0v) is 21.8. The van der Waals surface area contributed by atoms with Gasteiger partial charge in [0.05, 0.1) is 20.3 Å². The molecule has 2 aliphatic rings. The van der Waals surface area contributed by atoms with Crippen LogP contribution in [0.25, 0.3) is 10.8 Å². The Bertz CT molecular complexity index is 1110. The minimum absolute atomic E-state index is 0.0544. The van der Waals surface area contributed by atoms with E-state index in [2.05, 4.69) is 29.6 Å². The Morgan fingerprint density at radius 3 is 2.54 bits per heavy atom. The molecule has 4 rings (SSSR count). The maximum Gasteiger partial charge on any atom is 0.407 e. The fourth-order valence-corrected chi connectivity index (χ4v) is 5.49. The van der Waals surface area contributed by atoms with E-state index in [-0.39, 0.29) is 11.9 Å². The molecule has 3 atom stereocenters. The second-order valence-electron chi connectivity index (χ2n) is 10.9. The number of hydrogen-bond donors (Lipinski definition) is 1. The first-order valence-electron chi connectivity index (χ1n) is 12.5. The van der Waals surface area contributed by atoms with E-state index >= 15 is 0 Å². The van der Waals surface area contributed by atoms with Crippen LogP contribution in [0.3, 0.4) is 0 Å². The predicted molar refractivity (Wildman–Crippen MR) is 136 cm³/mol. The number of aryl methyl sites for hydroxylation is 1. The highest BCUT2D eigenvalue weighted by atomic mass is 16.5. The van der Waals surface area contributed by atoms with Crippen molar-refractivity contribution in [3.05, 3.63) is 41.5 Å². The molecule has 0 radical (unpaired) electrons. The summed E-state index contributed by atoms with van der Waals surface area (Å²) in [6.45, 7) is 8.62. The molecule has 7 heteroatoms. The van der Waals surface area contributed by atoms with Crippen LogP contribution in [0.2, 0.25) is 0 Å². The van der Waals surface area contributed by atoms with Gasteiger partial charge in [0.1, 0.15) is 17.4 Å².